The van der Waals surface area contributed by atoms with E-state index in [0.717, 1.165) is 55.8 Å². The van der Waals surface area contributed by atoms with E-state index in [1.807, 2.05) is 29.2 Å². The van der Waals surface area contributed by atoms with Crippen molar-refractivity contribution in [2.24, 2.45) is 0 Å². The lowest BCUT2D eigenvalue weighted by atomic mass is 10.2. The molecule has 138 valence electrons. The number of piperazine rings is 1. The first-order valence-electron chi connectivity index (χ1n) is 8.41. The molecule has 0 saturated carbocycles. The number of anilines is 2. The molecule has 26 heavy (non-hydrogen) atoms. The van der Waals surface area contributed by atoms with Crippen LogP contribution in [0.15, 0.2) is 42.5 Å². The number of benzene rings is 2. The van der Waals surface area contributed by atoms with E-state index in [2.05, 4.69) is 10.2 Å². The number of hydrogen-bond acceptors (Lipinski definition) is 4. The quantitative estimate of drug-likeness (QED) is 0.890. The molecular formula is C19H21F2N3O2. The van der Waals surface area contributed by atoms with Crippen molar-refractivity contribution in [2.75, 3.05) is 50.1 Å². The Labute approximate surface area is 151 Å². The summed E-state index contributed by atoms with van der Waals surface area (Å²) < 4.78 is 31.6. The monoisotopic (exact) mass is 361 g/mol. The number of amides is 1. The van der Waals surface area contributed by atoms with E-state index in [-0.39, 0.29) is 18.1 Å². The third kappa shape index (κ3) is 4.70. The van der Waals surface area contributed by atoms with Crippen molar-refractivity contribution >= 4 is 17.3 Å². The smallest absolute Gasteiger partial charge is 0.238 e. The number of hydrogen-bond donors (Lipinski definition) is 1. The highest BCUT2D eigenvalue weighted by molar-refractivity contribution is 5.92. The SMILES string of the molecule is COc1cccc(N2CCN(CC(=O)Nc3cc(F)cc(F)c3)CC2)c1. The summed E-state index contributed by atoms with van der Waals surface area (Å²) in [7, 11) is 1.64. The van der Waals surface area contributed by atoms with Gasteiger partial charge in [0.05, 0.1) is 13.7 Å². The van der Waals surface area contributed by atoms with Gasteiger partial charge in [-0.25, -0.2) is 8.78 Å². The van der Waals surface area contributed by atoms with E-state index < -0.39 is 11.6 Å². The highest BCUT2D eigenvalue weighted by Crippen LogP contribution is 2.22. The summed E-state index contributed by atoms with van der Waals surface area (Å²) in [5.41, 5.74) is 1.21. The maximum atomic E-state index is 13.2. The van der Waals surface area contributed by atoms with Gasteiger partial charge < -0.3 is 15.0 Å². The molecule has 0 aromatic heterocycles. The Hall–Kier alpha value is -2.67. The Balaban J connectivity index is 1.51. The van der Waals surface area contributed by atoms with Gasteiger partial charge in [-0.1, -0.05) is 6.07 Å². The first-order chi connectivity index (χ1) is 12.5. The van der Waals surface area contributed by atoms with Crippen LogP contribution in [0.2, 0.25) is 0 Å². The molecule has 0 aliphatic carbocycles. The van der Waals surface area contributed by atoms with Crippen molar-refractivity contribution in [1.29, 1.82) is 0 Å². The number of carbonyl (C=O) groups is 1. The van der Waals surface area contributed by atoms with Crippen LogP contribution in [0.1, 0.15) is 0 Å². The predicted molar refractivity (Wildman–Crippen MR) is 96.6 cm³/mol. The lowest BCUT2D eigenvalue weighted by Gasteiger charge is -2.35. The highest BCUT2D eigenvalue weighted by atomic mass is 19.1. The Morgan fingerprint density at radius 3 is 2.42 bits per heavy atom. The summed E-state index contributed by atoms with van der Waals surface area (Å²) in [6, 6.07) is 10.8. The third-order valence-corrected chi connectivity index (χ3v) is 4.30. The van der Waals surface area contributed by atoms with Crippen LogP contribution in [0.25, 0.3) is 0 Å². The van der Waals surface area contributed by atoms with Gasteiger partial charge in [0.2, 0.25) is 5.91 Å². The van der Waals surface area contributed by atoms with Gasteiger partial charge in [0.1, 0.15) is 17.4 Å². The standard InChI is InChI=1S/C19H21F2N3O2/c1-26-18-4-2-3-17(12-18)24-7-5-23(6-8-24)13-19(25)22-16-10-14(20)9-15(21)11-16/h2-4,9-12H,5-8,13H2,1H3,(H,22,25). The van der Waals surface area contributed by atoms with Gasteiger partial charge in [-0.3, -0.25) is 9.69 Å². The van der Waals surface area contributed by atoms with Gasteiger partial charge in [0, 0.05) is 49.7 Å². The average Bonchev–Trinajstić information content (AvgIpc) is 2.61. The van der Waals surface area contributed by atoms with E-state index in [0.29, 0.717) is 0 Å². The molecule has 0 spiro atoms. The van der Waals surface area contributed by atoms with Crippen LogP contribution in [-0.2, 0) is 4.79 Å². The number of rotatable bonds is 5. The molecule has 2 aromatic rings. The summed E-state index contributed by atoms with van der Waals surface area (Å²) in [5, 5.41) is 2.54. The maximum absolute atomic E-state index is 13.2. The topological polar surface area (TPSA) is 44.8 Å². The third-order valence-electron chi connectivity index (χ3n) is 4.30. The van der Waals surface area contributed by atoms with Crippen molar-refractivity contribution in [3.8, 4) is 5.75 Å². The first-order valence-corrected chi connectivity index (χ1v) is 8.41. The number of nitrogens with one attached hydrogen (secondary N) is 1. The van der Waals surface area contributed by atoms with Crippen molar-refractivity contribution in [3.05, 3.63) is 54.1 Å². The zero-order valence-electron chi connectivity index (χ0n) is 14.5. The summed E-state index contributed by atoms with van der Waals surface area (Å²) in [4.78, 5) is 16.4. The zero-order valence-corrected chi connectivity index (χ0v) is 14.5. The van der Waals surface area contributed by atoms with Crippen LogP contribution >= 0.6 is 0 Å². The second kappa shape index (κ2) is 8.14. The number of nitrogens with zero attached hydrogens (tertiary/aromatic N) is 2. The maximum Gasteiger partial charge on any atom is 0.238 e. The molecule has 7 heteroatoms. The molecule has 1 saturated heterocycles. The number of methoxy groups -OCH3 is 1. The van der Waals surface area contributed by atoms with Crippen molar-refractivity contribution in [3.63, 3.8) is 0 Å². The average molecular weight is 361 g/mol. The molecule has 0 atom stereocenters. The molecule has 0 unspecified atom stereocenters. The van der Waals surface area contributed by atoms with Gasteiger partial charge in [0.15, 0.2) is 0 Å². The number of ether oxygens (including phenoxy) is 1. The predicted octanol–water partition coefficient (Wildman–Crippen LogP) is 2.73. The first kappa shape index (κ1) is 18.1. The van der Waals surface area contributed by atoms with Crippen LogP contribution in [0, 0.1) is 11.6 Å². The fourth-order valence-electron chi connectivity index (χ4n) is 3.00. The van der Waals surface area contributed by atoms with E-state index in [9.17, 15) is 13.6 Å². The van der Waals surface area contributed by atoms with E-state index in [4.69, 9.17) is 4.74 Å². The van der Waals surface area contributed by atoms with Crippen molar-refractivity contribution < 1.29 is 18.3 Å². The number of carbonyl (C=O) groups excluding carboxylic acids is 1. The van der Waals surface area contributed by atoms with Crippen LogP contribution in [-0.4, -0.2) is 50.6 Å². The van der Waals surface area contributed by atoms with Crippen LogP contribution in [0.3, 0.4) is 0 Å². The second-order valence-electron chi connectivity index (χ2n) is 6.17. The molecular weight excluding hydrogens is 340 g/mol. The molecule has 0 radical (unpaired) electrons. The molecule has 3 rings (SSSR count). The Morgan fingerprint density at radius 2 is 1.77 bits per heavy atom. The zero-order chi connectivity index (χ0) is 18.5. The largest absolute Gasteiger partial charge is 0.497 e. The minimum atomic E-state index is -0.716. The van der Waals surface area contributed by atoms with E-state index in [1.54, 1.807) is 7.11 Å². The fourth-order valence-corrected chi connectivity index (χ4v) is 3.00. The van der Waals surface area contributed by atoms with Crippen molar-refractivity contribution in [2.45, 2.75) is 0 Å². The Kier molecular flexibility index (Phi) is 5.68. The lowest BCUT2D eigenvalue weighted by Crippen LogP contribution is -2.48. The highest BCUT2D eigenvalue weighted by Gasteiger charge is 2.19. The molecule has 1 heterocycles. The van der Waals surface area contributed by atoms with Gasteiger partial charge in [-0.2, -0.15) is 0 Å². The molecule has 1 aliphatic rings. The normalized spacial score (nSPS) is 15.0. The van der Waals surface area contributed by atoms with Crippen LogP contribution in [0.5, 0.6) is 5.75 Å². The van der Waals surface area contributed by atoms with Gasteiger partial charge in [-0.15, -0.1) is 0 Å². The second-order valence-corrected chi connectivity index (χ2v) is 6.17. The van der Waals surface area contributed by atoms with Crippen LogP contribution < -0.4 is 15.0 Å². The van der Waals surface area contributed by atoms with Crippen molar-refractivity contribution in [1.82, 2.24) is 4.90 Å². The molecule has 0 bridgehead atoms. The summed E-state index contributed by atoms with van der Waals surface area (Å²) >= 11 is 0. The number of halogens is 2. The molecule has 1 aliphatic heterocycles. The molecule has 1 N–H and O–H groups in total. The van der Waals surface area contributed by atoms with E-state index in [1.165, 1.54) is 0 Å². The molecule has 1 amide bonds. The van der Waals surface area contributed by atoms with Crippen LogP contribution in [0.4, 0.5) is 20.2 Å². The summed E-state index contributed by atoms with van der Waals surface area (Å²) in [5.74, 6) is -0.907. The Morgan fingerprint density at radius 1 is 1.08 bits per heavy atom. The van der Waals surface area contributed by atoms with Gasteiger partial charge in [0.25, 0.3) is 0 Å². The molecule has 1 fully saturated rings. The van der Waals surface area contributed by atoms with Gasteiger partial charge >= 0.3 is 0 Å². The minimum absolute atomic E-state index is 0.127. The van der Waals surface area contributed by atoms with Gasteiger partial charge in [-0.05, 0) is 24.3 Å². The molecule has 5 nitrogen and oxygen atoms in total. The minimum Gasteiger partial charge on any atom is -0.497 e. The fraction of sp³-hybridized carbons (Fsp3) is 0.316. The summed E-state index contributed by atoms with van der Waals surface area (Å²) in [6.07, 6.45) is 0. The summed E-state index contributed by atoms with van der Waals surface area (Å²) in [6.45, 7) is 3.21. The molecule has 2 aromatic carbocycles. The lowest BCUT2D eigenvalue weighted by molar-refractivity contribution is -0.117. The Bertz CT molecular complexity index is 757. The van der Waals surface area contributed by atoms with E-state index >= 15 is 0 Å².